The molecule has 1 rings (SSSR count). The molecule has 17 heteroatoms. The molecule has 4 N–H and O–H groups in total. The summed E-state index contributed by atoms with van der Waals surface area (Å²) in [6.07, 6.45) is 2.53. The fraction of sp³-hybridized carbons (Fsp3) is 0.800. The van der Waals surface area contributed by atoms with Crippen molar-refractivity contribution in [2.45, 2.75) is 156 Å². The van der Waals surface area contributed by atoms with E-state index >= 15 is 0 Å². The molecule has 0 radical (unpaired) electrons. The van der Waals surface area contributed by atoms with E-state index in [9.17, 15) is 24.3 Å². The van der Waals surface area contributed by atoms with Crippen LogP contribution in [0.25, 0.3) is 0 Å². The van der Waals surface area contributed by atoms with E-state index in [4.69, 9.17) is 29.7 Å². The summed E-state index contributed by atoms with van der Waals surface area (Å²) in [7, 11) is -0.968. The molecule has 0 bridgehead atoms. The van der Waals surface area contributed by atoms with Crippen LogP contribution >= 0.6 is 11.1 Å². The van der Waals surface area contributed by atoms with Crippen molar-refractivity contribution in [1.82, 2.24) is 20.6 Å². The molecule has 2 atom stereocenters. The lowest BCUT2D eigenvalue weighted by atomic mass is 10.2. The first-order valence-electron chi connectivity index (χ1n) is 17.3. The summed E-state index contributed by atoms with van der Waals surface area (Å²) in [5, 5.41) is 14.6. The van der Waals surface area contributed by atoms with Crippen molar-refractivity contribution < 1.29 is 47.7 Å². The van der Waals surface area contributed by atoms with Crippen molar-refractivity contribution in [2.24, 2.45) is 0 Å². The van der Waals surface area contributed by atoms with E-state index in [1.165, 1.54) is 14.2 Å². The Kier molecular flexibility index (Phi) is 24.7. The summed E-state index contributed by atoms with van der Waals surface area (Å²) in [5.74, 6) is -1.13. The Hall–Kier alpha value is -2.67. The van der Waals surface area contributed by atoms with E-state index < -0.39 is 63.2 Å². The second-order valence-electron chi connectivity index (χ2n) is 16.8. The average Bonchev–Trinajstić information content (AvgIpc) is 3.53. The minimum absolute atomic E-state index is 0.0160. The number of hydrogen-bond acceptors (Lipinski definition) is 11. The van der Waals surface area contributed by atoms with E-state index in [1.807, 2.05) is 0 Å². The number of rotatable bonds is 10. The lowest BCUT2D eigenvalue weighted by molar-refractivity contribution is -0.150. The molecule has 306 valence electrons. The number of alkyl carbamates (subject to hydrolysis) is 2. The Morgan fingerprint density at radius 1 is 0.750 bits per heavy atom. The van der Waals surface area contributed by atoms with Crippen molar-refractivity contribution in [2.75, 3.05) is 27.3 Å². The lowest BCUT2D eigenvalue weighted by Crippen LogP contribution is -2.47. The van der Waals surface area contributed by atoms with Gasteiger partial charge < -0.3 is 44.1 Å². The first-order chi connectivity index (χ1) is 23.2. The van der Waals surface area contributed by atoms with Crippen molar-refractivity contribution in [1.29, 1.82) is 0 Å². The number of ether oxygens (including phenoxy) is 4. The van der Waals surface area contributed by atoms with Gasteiger partial charge in [0.15, 0.2) is 21.8 Å². The number of H-pyrrole nitrogens is 1. The van der Waals surface area contributed by atoms with Crippen LogP contribution in [-0.2, 0) is 33.0 Å². The highest BCUT2D eigenvalue weighted by molar-refractivity contribution is 7.20. The number of nitrogens with one attached hydrogen (secondary N) is 3. The quantitative estimate of drug-likeness (QED) is 0.0793. The molecule has 2 amide bonds. The second-order valence-corrected chi connectivity index (χ2v) is 28.9. The van der Waals surface area contributed by atoms with Gasteiger partial charge in [0.05, 0.1) is 20.5 Å². The van der Waals surface area contributed by atoms with E-state index in [2.05, 4.69) is 93.1 Å². The van der Waals surface area contributed by atoms with Crippen molar-refractivity contribution in [3.05, 3.63) is 18.7 Å². The molecule has 2 unspecified atom stereocenters. The monoisotopic (exact) mass is 798 g/mol. The zero-order valence-electron chi connectivity index (χ0n) is 35.2. The second kappa shape index (κ2) is 23.9. The molecule has 0 saturated heterocycles. The third-order valence-electron chi connectivity index (χ3n) is 7.53. The third kappa shape index (κ3) is 28.9. The Morgan fingerprint density at radius 3 is 1.42 bits per heavy atom. The van der Waals surface area contributed by atoms with Gasteiger partial charge in [-0.25, -0.2) is 24.2 Å². The smallest absolute Gasteiger partial charge is 0.407 e. The molecule has 14 nitrogen and oxygen atoms in total. The number of aliphatic hydroxyl groups excluding tert-OH is 1. The van der Waals surface area contributed by atoms with Crippen LogP contribution in [0, 0.1) is 0 Å². The first-order valence-corrected chi connectivity index (χ1v) is 24.2. The molecule has 0 aromatic carbocycles. The maximum Gasteiger partial charge on any atom is 0.407 e. The number of aromatic amines is 1. The SMILES string of the molecule is CC(C)(C)[Si](C)(C)Cl.COC(=O)C(CCNC(=O)OC(C)(C)C)O[Si](C)(C)C(C)(C)C.COC(=O)C(O)CCNC(=O)OC(C)(C)C.c1c[nH]cn1. The summed E-state index contributed by atoms with van der Waals surface area (Å²) in [4.78, 5) is 52.0. The standard InChI is InChI=1S/C16H33NO5Si.C10H19NO5.C6H15ClSi.C3H4N2/c1-15(2,3)21-14(19)17-11-10-12(13(18)20-7)22-23(8,9)16(4,5)6;1-10(2,3)16-9(14)11-6-5-7(12)8(13)15-4;1-6(2,3)8(4,5)7;1-2-5-3-4-1/h12H,10-11H2,1-9H3,(H,17,19);7,12H,5-6H2,1-4H3,(H,11,14);1-5H3;1-3H,(H,4,5). The van der Waals surface area contributed by atoms with Crippen molar-refractivity contribution in [3.63, 3.8) is 0 Å². The van der Waals surface area contributed by atoms with Crippen LogP contribution in [0.3, 0.4) is 0 Å². The highest BCUT2D eigenvalue weighted by Crippen LogP contribution is 2.38. The molecule has 0 aliphatic rings. The number of nitrogens with zero attached hydrogens (tertiary/aromatic N) is 1. The van der Waals surface area contributed by atoms with Crippen LogP contribution < -0.4 is 10.6 Å². The van der Waals surface area contributed by atoms with Gasteiger partial charge in [-0.05, 0) is 64.7 Å². The number of halogens is 1. The molecule has 1 aromatic rings. The van der Waals surface area contributed by atoms with E-state index in [-0.39, 0.29) is 24.5 Å². The van der Waals surface area contributed by atoms with Gasteiger partial charge >= 0.3 is 24.1 Å². The van der Waals surface area contributed by atoms with Crippen LogP contribution in [-0.4, -0.2) is 106 Å². The van der Waals surface area contributed by atoms with Crippen molar-refractivity contribution >= 4 is 50.9 Å². The minimum Gasteiger partial charge on any atom is -0.467 e. The topological polar surface area (TPSA) is 187 Å². The van der Waals surface area contributed by atoms with E-state index in [0.29, 0.717) is 11.5 Å². The maximum atomic E-state index is 12.0. The van der Waals surface area contributed by atoms with Gasteiger partial charge in [-0.1, -0.05) is 54.6 Å². The van der Waals surface area contributed by atoms with Gasteiger partial charge in [-0.3, -0.25) is 0 Å². The zero-order valence-corrected chi connectivity index (χ0v) is 37.9. The fourth-order valence-electron chi connectivity index (χ4n) is 2.60. The van der Waals surface area contributed by atoms with Crippen LogP contribution in [0.4, 0.5) is 9.59 Å². The van der Waals surface area contributed by atoms with Crippen LogP contribution in [0.5, 0.6) is 0 Å². The molecule has 0 aliphatic heterocycles. The lowest BCUT2D eigenvalue weighted by Gasteiger charge is -2.38. The summed E-state index contributed by atoms with van der Waals surface area (Å²) in [6.45, 7) is 32.5. The number of aliphatic hydroxyl groups is 1. The molecule has 1 heterocycles. The Morgan fingerprint density at radius 2 is 1.15 bits per heavy atom. The summed E-state index contributed by atoms with van der Waals surface area (Å²) in [5.41, 5.74) is -1.12. The Labute approximate surface area is 320 Å². The Balaban J connectivity index is -0.000000706. The highest BCUT2D eigenvalue weighted by atomic mass is 35.6. The number of esters is 2. The minimum atomic E-state index is -2.11. The number of carbonyl (C=O) groups is 4. The van der Waals surface area contributed by atoms with Crippen LogP contribution in [0.15, 0.2) is 18.7 Å². The summed E-state index contributed by atoms with van der Waals surface area (Å²) < 4.78 is 25.4. The van der Waals surface area contributed by atoms with Crippen LogP contribution in [0.2, 0.25) is 36.3 Å². The number of amides is 2. The van der Waals surface area contributed by atoms with Crippen LogP contribution in [0.1, 0.15) is 95.9 Å². The van der Waals surface area contributed by atoms with Gasteiger partial charge in [0.2, 0.25) is 0 Å². The van der Waals surface area contributed by atoms with Gasteiger partial charge in [-0.2, -0.15) is 11.1 Å². The average molecular weight is 800 g/mol. The van der Waals surface area contributed by atoms with E-state index in [1.54, 1.807) is 60.3 Å². The number of aromatic nitrogens is 2. The number of imidazole rings is 1. The first kappa shape index (κ1) is 53.7. The molecule has 0 fully saturated rings. The molecule has 0 aliphatic carbocycles. The van der Waals surface area contributed by atoms with Gasteiger partial charge in [0.25, 0.3) is 0 Å². The Bertz CT molecular complexity index is 1120. The molecule has 1 aromatic heterocycles. The molecule has 0 saturated carbocycles. The molecular formula is C35H71ClN4O10Si2. The predicted molar refractivity (Wildman–Crippen MR) is 211 cm³/mol. The predicted octanol–water partition coefficient (Wildman–Crippen LogP) is 7.54. The van der Waals surface area contributed by atoms with Crippen molar-refractivity contribution in [3.8, 4) is 0 Å². The maximum absolute atomic E-state index is 12.0. The zero-order chi connectivity index (χ0) is 41.8. The largest absolute Gasteiger partial charge is 0.467 e. The number of methoxy groups -OCH3 is 2. The molecule has 52 heavy (non-hydrogen) atoms. The summed E-state index contributed by atoms with van der Waals surface area (Å²) >= 11 is 6.15. The molecular weight excluding hydrogens is 728 g/mol. The number of carbonyl (C=O) groups excluding carboxylic acids is 4. The van der Waals surface area contributed by atoms with Gasteiger partial charge in [0, 0.05) is 38.3 Å². The normalized spacial score (nSPS) is 13.2. The highest BCUT2D eigenvalue weighted by Gasteiger charge is 2.41. The van der Waals surface area contributed by atoms with Gasteiger partial charge in [0.1, 0.15) is 17.3 Å². The van der Waals surface area contributed by atoms with E-state index in [0.717, 1.165) is 0 Å². The fourth-order valence-corrected chi connectivity index (χ4v) is 3.88. The molecule has 0 spiro atoms. The van der Waals surface area contributed by atoms with Gasteiger partial charge in [-0.15, -0.1) is 0 Å². The third-order valence-corrected chi connectivity index (χ3v) is 17.3. The summed E-state index contributed by atoms with van der Waals surface area (Å²) in [6, 6.07) is 0. The number of hydrogen-bond donors (Lipinski definition) is 4.